The molecular formula is C10H20INO2. The molecule has 3 nitrogen and oxygen atoms in total. The van der Waals surface area contributed by atoms with E-state index in [1.54, 1.807) is 5.48 Å². The Hall–Kier alpha value is 0.160. The first-order chi connectivity index (χ1) is 6.81. The van der Waals surface area contributed by atoms with E-state index in [1.165, 1.54) is 36.5 Å². The summed E-state index contributed by atoms with van der Waals surface area (Å²) >= 11 is 2.41. The van der Waals surface area contributed by atoms with Gasteiger partial charge in [-0.15, -0.1) is 0 Å². The highest BCUT2D eigenvalue weighted by Crippen LogP contribution is 2.09. The van der Waals surface area contributed by atoms with Crippen LogP contribution in [-0.2, 0) is 4.79 Å². The fourth-order valence-electron chi connectivity index (χ4n) is 1.32. The molecule has 0 aliphatic rings. The lowest BCUT2D eigenvalue weighted by molar-refractivity contribution is -0.129. The zero-order chi connectivity index (χ0) is 10.6. The molecule has 0 aromatic heterocycles. The Morgan fingerprint density at radius 3 is 2.00 bits per heavy atom. The molecule has 0 heterocycles. The third-order valence-corrected chi connectivity index (χ3v) is 2.92. The summed E-state index contributed by atoms with van der Waals surface area (Å²) in [5, 5.41) is 8.23. The average Bonchev–Trinajstić information content (AvgIpc) is 2.21. The number of halogens is 1. The van der Waals surface area contributed by atoms with Crippen LogP contribution in [0.15, 0.2) is 0 Å². The van der Waals surface area contributed by atoms with Gasteiger partial charge >= 0.3 is 0 Å². The van der Waals surface area contributed by atoms with Crippen LogP contribution in [0.3, 0.4) is 0 Å². The lowest BCUT2D eigenvalue weighted by atomic mass is 10.1. The minimum absolute atomic E-state index is 0.269. The first-order valence-corrected chi connectivity index (χ1v) is 6.82. The van der Waals surface area contributed by atoms with Crippen molar-refractivity contribution in [2.75, 3.05) is 4.43 Å². The van der Waals surface area contributed by atoms with Crippen molar-refractivity contribution in [3.63, 3.8) is 0 Å². The molecule has 14 heavy (non-hydrogen) atoms. The molecule has 0 rings (SSSR count). The highest BCUT2D eigenvalue weighted by molar-refractivity contribution is 14.1. The van der Waals surface area contributed by atoms with Crippen molar-refractivity contribution in [1.82, 2.24) is 5.48 Å². The fourth-order valence-corrected chi connectivity index (χ4v) is 1.86. The van der Waals surface area contributed by atoms with E-state index in [1.807, 2.05) is 0 Å². The molecule has 0 aliphatic heterocycles. The Kier molecular flexibility index (Phi) is 11.4. The number of carbonyl (C=O) groups is 1. The van der Waals surface area contributed by atoms with E-state index in [0.29, 0.717) is 6.42 Å². The minimum Gasteiger partial charge on any atom is -0.289 e. The third-order valence-electron chi connectivity index (χ3n) is 2.16. The summed E-state index contributed by atoms with van der Waals surface area (Å²) in [5.41, 5.74) is 1.64. The predicted octanol–water partition coefficient (Wildman–Crippen LogP) is 3.05. The molecule has 84 valence electrons. The van der Waals surface area contributed by atoms with Crippen LogP contribution in [0.1, 0.15) is 51.4 Å². The summed E-state index contributed by atoms with van der Waals surface area (Å²) in [6.07, 6.45) is 8.89. The van der Waals surface area contributed by atoms with Gasteiger partial charge in [-0.05, 0) is 17.3 Å². The number of nitrogens with one attached hydrogen (secondary N) is 1. The van der Waals surface area contributed by atoms with Crippen LogP contribution in [-0.4, -0.2) is 15.5 Å². The van der Waals surface area contributed by atoms with Gasteiger partial charge in [0.1, 0.15) is 0 Å². The van der Waals surface area contributed by atoms with Crippen LogP contribution in [0.5, 0.6) is 0 Å². The second-order valence-electron chi connectivity index (χ2n) is 3.45. The Labute approximate surface area is 99.7 Å². The fraction of sp³-hybridized carbons (Fsp3) is 0.900. The Bertz CT molecular complexity index is 142. The molecule has 0 spiro atoms. The monoisotopic (exact) mass is 313 g/mol. The zero-order valence-electron chi connectivity index (χ0n) is 8.60. The Morgan fingerprint density at radius 2 is 1.50 bits per heavy atom. The molecule has 0 aromatic carbocycles. The zero-order valence-corrected chi connectivity index (χ0v) is 10.8. The summed E-state index contributed by atoms with van der Waals surface area (Å²) in [7, 11) is 0. The van der Waals surface area contributed by atoms with E-state index in [4.69, 9.17) is 5.21 Å². The standard InChI is InChI=1S/C10H20INO2/c11-9-7-5-3-1-2-4-6-8-10(13)12-14/h14H,1-9H2,(H,12,13). The number of carbonyl (C=O) groups excluding carboxylic acids is 1. The van der Waals surface area contributed by atoms with Crippen molar-refractivity contribution in [3.05, 3.63) is 0 Å². The molecule has 0 radical (unpaired) electrons. The van der Waals surface area contributed by atoms with Gasteiger partial charge in [0, 0.05) is 6.42 Å². The van der Waals surface area contributed by atoms with Crippen LogP contribution in [0.25, 0.3) is 0 Å². The summed E-state index contributed by atoms with van der Waals surface area (Å²) in [6, 6.07) is 0. The number of amides is 1. The van der Waals surface area contributed by atoms with Gasteiger partial charge in [-0.25, -0.2) is 5.48 Å². The van der Waals surface area contributed by atoms with Crippen molar-refractivity contribution in [1.29, 1.82) is 0 Å². The van der Waals surface area contributed by atoms with Crippen LogP contribution < -0.4 is 5.48 Å². The van der Waals surface area contributed by atoms with Gasteiger partial charge in [0.2, 0.25) is 5.91 Å². The van der Waals surface area contributed by atoms with Crippen LogP contribution in [0.4, 0.5) is 0 Å². The highest BCUT2D eigenvalue weighted by atomic mass is 127. The van der Waals surface area contributed by atoms with Gasteiger partial charge in [0.05, 0.1) is 0 Å². The lowest BCUT2D eigenvalue weighted by Crippen LogP contribution is -2.17. The van der Waals surface area contributed by atoms with Gasteiger partial charge in [0.25, 0.3) is 0 Å². The first kappa shape index (κ1) is 14.2. The predicted molar refractivity (Wildman–Crippen MR) is 65.8 cm³/mol. The number of rotatable bonds is 9. The molecule has 2 N–H and O–H groups in total. The molecule has 0 aromatic rings. The van der Waals surface area contributed by atoms with E-state index in [-0.39, 0.29) is 5.91 Å². The van der Waals surface area contributed by atoms with Crippen LogP contribution in [0.2, 0.25) is 0 Å². The first-order valence-electron chi connectivity index (χ1n) is 5.30. The number of hydrogen-bond acceptors (Lipinski definition) is 2. The normalized spacial score (nSPS) is 10.1. The molecule has 4 heteroatoms. The summed E-state index contributed by atoms with van der Waals surface area (Å²) < 4.78 is 1.26. The molecule has 0 bridgehead atoms. The number of hydroxylamine groups is 1. The van der Waals surface area contributed by atoms with Crippen molar-refractivity contribution >= 4 is 28.5 Å². The molecule has 1 amide bonds. The largest absolute Gasteiger partial charge is 0.289 e. The molecule has 0 atom stereocenters. The Balaban J connectivity index is 2.95. The van der Waals surface area contributed by atoms with E-state index in [9.17, 15) is 4.79 Å². The molecule has 0 saturated heterocycles. The molecule has 0 saturated carbocycles. The van der Waals surface area contributed by atoms with Crippen molar-refractivity contribution in [2.24, 2.45) is 0 Å². The van der Waals surface area contributed by atoms with Gasteiger partial charge in [-0.3, -0.25) is 10.0 Å². The maximum absolute atomic E-state index is 10.6. The topological polar surface area (TPSA) is 49.3 Å². The molecule has 0 aliphatic carbocycles. The lowest BCUT2D eigenvalue weighted by Gasteiger charge is -2.00. The summed E-state index contributed by atoms with van der Waals surface area (Å²) in [4.78, 5) is 10.6. The Morgan fingerprint density at radius 1 is 1.00 bits per heavy atom. The smallest absolute Gasteiger partial charge is 0.243 e. The van der Waals surface area contributed by atoms with E-state index < -0.39 is 0 Å². The van der Waals surface area contributed by atoms with Gasteiger partial charge in [-0.1, -0.05) is 54.7 Å². The van der Waals surface area contributed by atoms with E-state index in [0.717, 1.165) is 12.8 Å². The second-order valence-corrected chi connectivity index (χ2v) is 4.53. The van der Waals surface area contributed by atoms with E-state index >= 15 is 0 Å². The van der Waals surface area contributed by atoms with E-state index in [2.05, 4.69) is 22.6 Å². The highest BCUT2D eigenvalue weighted by Gasteiger charge is 1.97. The average molecular weight is 313 g/mol. The minimum atomic E-state index is -0.269. The van der Waals surface area contributed by atoms with Gasteiger partial charge < -0.3 is 0 Å². The van der Waals surface area contributed by atoms with Gasteiger partial charge in [0.15, 0.2) is 0 Å². The quantitative estimate of drug-likeness (QED) is 0.226. The SMILES string of the molecule is O=C(CCCCCCCCCI)NO. The van der Waals surface area contributed by atoms with Gasteiger partial charge in [-0.2, -0.15) is 0 Å². The molecular weight excluding hydrogens is 293 g/mol. The number of unbranched alkanes of at least 4 members (excludes halogenated alkanes) is 6. The molecule has 0 unspecified atom stereocenters. The summed E-state index contributed by atoms with van der Waals surface area (Å²) in [5.74, 6) is -0.269. The molecule has 0 fully saturated rings. The maximum Gasteiger partial charge on any atom is 0.243 e. The van der Waals surface area contributed by atoms with Crippen molar-refractivity contribution < 1.29 is 10.0 Å². The number of hydrogen-bond donors (Lipinski definition) is 2. The van der Waals surface area contributed by atoms with Crippen LogP contribution >= 0.6 is 22.6 Å². The second kappa shape index (κ2) is 11.2. The summed E-state index contributed by atoms with van der Waals surface area (Å²) in [6.45, 7) is 0. The van der Waals surface area contributed by atoms with Crippen LogP contribution in [0, 0.1) is 0 Å². The number of alkyl halides is 1. The maximum atomic E-state index is 10.6. The van der Waals surface area contributed by atoms with Crippen molar-refractivity contribution in [2.45, 2.75) is 51.4 Å². The third kappa shape index (κ3) is 10.2. The van der Waals surface area contributed by atoms with Crippen molar-refractivity contribution in [3.8, 4) is 0 Å².